The summed E-state index contributed by atoms with van der Waals surface area (Å²) < 4.78 is 4.94. The van der Waals surface area contributed by atoms with Gasteiger partial charge in [-0.05, 0) is 67.5 Å². The molecule has 0 aliphatic carbocycles. The van der Waals surface area contributed by atoms with E-state index in [4.69, 9.17) is 9.72 Å². The third kappa shape index (κ3) is 5.82. The molecule has 0 fully saturated rings. The van der Waals surface area contributed by atoms with Crippen molar-refractivity contribution < 1.29 is 9.53 Å². The minimum absolute atomic E-state index is 0.118. The number of nitrogens with zero attached hydrogens (tertiary/aromatic N) is 2. The Bertz CT molecular complexity index is 1050. The van der Waals surface area contributed by atoms with Crippen LogP contribution in [0.1, 0.15) is 54.8 Å². The average molecular weight is 433 g/mol. The van der Waals surface area contributed by atoms with Gasteiger partial charge in [0.15, 0.2) is 0 Å². The first-order chi connectivity index (χ1) is 15.7. The molecule has 1 aliphatic heterocycles. The molecule has 6 heteroatoms. The first-order valence-electron chi connectivity index (χ1n) is 11.6. The predicted molar refractivity (Wildman–Crippen MR) is 128 cm³/mol. The molecule has 1 atom stereocenters. The smallest absolute Gasteiger partial charge is 0.306 e. The van der Waals surface area contributed by atoms with Crippen LogP contribution >= 0.6 is 0 Å². The van der Waals surface area contributed by atoms with Gasteiger partial charge in [0, 0.05) is 24.7 Å². The van der Waals surface area contributed by atoms with E-state index in [-0.39, 0.29) is 11.9 Å². The largest absolute Gasteiger partial charge is 0.469 e. The molecule has 168 valence electrons. The Morgan fingerprint density at radius 3 is 3.03 bits per heavy atom. The summed E-state index contributed by atoms with van der Waals surface area (Å²) in [6, 6.07) is 14.6. The van der Waals surface area contributed by atoms with Crippen molar-refractivity contribution in [2.75, 3.05) is 25.5 Å². The summed E-state index contributed by atoms with van der Waals surface area (Å²) >= 11 is 0. The second-order valence-corrected chi connectivity index (χ2v) is 8.45. The van der Waals surface area contributed by atoms with E-state index < -0.39 is 0 Å². The van der Waals surface area contributed by atoms with E-state index >= 15 is 0 Å². The minimum atomic E-state index is -0.173. The molecule has 1 aliphatic rings. The molecule has 0 saturated carbocycles. The lowest BCUT2D eigenvalue weighted by Crippen LogP contribution is -2.18. The topological polar surface area (TPSA) is 76.1 Å². The summed E-state index contributed by atoms with van der Waals surface area (Å²) in [7, 11) is 1.45. The highest BCUT2D eigenvalue weighted by Gasteiger charge is 2.17. The van der Waals surface area contributed by atoms with Gasteiger partial charge in [0.25, 0.3) is 0 Å². The van der Waals surface area contributed by atoms with Crippen molar-refractivity contribution in [3.05, 3.63) is 65.5 Å². The second-order valence-electron chi connectivity index (χ2n) is 8.45. The van der Waals surface area contributed by atoms with Crippen LogP contribution in [0.5, 0.6) is 0 Å². The van der Waals surface area contributed by atoms with Crippen molar-refractivity contribution in [1.29, 1.82) is 0 Å². The molecule has 0 amide bonds. The van der Waals surface area contributed by atoms with Gasteiger partial charge in [-0.25, -0.2) is 4.98 Å². The van der Waals surface area contributed by atoms with Crippen molar-refractivity contribution in [2.45, 2.75) is 51.0 Å². The monoisotopic (exact) mass is 432 g/mol. The van der Waals surface area contributed by atoms with Crippen LogP contribution in [-0.2, 0) is 22.5 Å². The first-order valence-corrected chi connectivity index (χ1v) is 11.6. The second kappa shape index (κ2) is 11.0. The van der Waals surface area contributed by atoms with E-state index in [1.807, 2.05) is 24.4 Å². The number of aryl methyl sites for hydroxylation is 1. The number of ether oxygens (including phenoxy) is 1. The molecular weight excluding hydrogens is 400 g/mol. The molecule has 0 saturated heterocycles. The van der Waals surface area contributed by atoms with Gasteiger partial charge in [0.1, 0.15) is 5.82 Å². The number of rotatable bonds is 10. The molecule has 0 spiro atoms. The number of carbonyl (C=O) groups excluding carboxylic acids is 1. The lowest BCUT2D eigenvalue weighted by molar-refractivity contribution is -0.141. The van der Waals surface area contributed by atoms with Gasteiger partial charge in [-0.15, -0.1) is 0 Å². The molecule has 0 bridgehead atoms. The quantitative estimate of drug-likeness (QED) is 0.360. The summed E-state index contributed by atoms with van der Waals surface area (Å²) in [4.78, 5) is 21.3. The number of carbonyl (C=O) groups is 1. The minimum Gasteiger partial charge on any atom is -0.469 e. The molecule has 4 rings (SSSR count). The third-order valence-electron chi connectivity index (χ3n) is 6.14. The number of nitrogens with one attached hydrogen (secondary N) is 2. The Hall–Kier alpha value is -2.99. The molecular formula is C26H32N4O2. The fraction of sp³-hybridized carbons (Fsp3) is 0.423. The number of pyridine rings is 2. The van der Waals surface area contributed by atoms with Crippen LogP contribution in [0.15, 0.2) is 48.7 Å². The van der Waals surface area contributed by atoms with Crippen molar-refractivity contribution in [3.8, 4) is 0 Å². The fourth-order valence-corrected chi connectivity index (χ4v) is 4.31. The molecule has 1 unspecified atom stereocenters. The highest BCUT2D eigenvalue weighted by molar-refractivity contribution is 5.79. The maximum absolute atomic E-state index is 12.0. The Labute approximate surface area is 189 Å². The van der Waals surface area contributed by atoms with Crippen LogP contribution in [0.4, 0.5) is 5.82 Å². The van der Waals surface area contributed by atoms with Crippen molar-refractivity contribution in [2.24, 2.45) is 0 Å². The lowest BCUT2D eigenvalue weighted by Gasteiger charge is -2.18. The van der Waals surface area contributed by atoms with Crippen LogP contribution in [-0.4, -0.2) is 36.1 Å². The number of para-hydroxylation sites is 1. The molecule has 2 N–H and O–H groups in total. The summed E-state index contributed by atoms with van der Waals surface area (Å²) in [5, 5.41) is 8.00. The van der Waals surface area contributed by atoms with Crippen molar-refractivity contribution >= 4 is 22.7 Å². The summed E-state index contributed by atoms with van der Waals surface area (Å²) in [5.41, 5.74) is 4.47. The van der Waals surface area contributed by atoms with E-state index in [1.165, 1.54) is 19.1 Å². The van der Waals surface area contributed by atoms with Gasteiger partial charge < -0.3 is 15.4 Å². The van der Waals surface area contributed by atoms with E-state index in [2.05, 4.69) is 39.9 Å². The molecule has 32 heavy (non-hydrogen) atoms. The summed E-state index contributed by atoms with van der Waals surface area (Å²) in [6.45, 7) is 2.71. The normalized spacial score (nSPS) is 13.9. The molecule has 0 radical (unpaired) electrons. The number of benzene rings is 1. The van der Waals surface area contributed by atoms with Crippen LogP contribution in [0.2, 0.25) is 0 Å². The number of anilines is 1. The zero-order valence-electron chi connectivity index (χ0n) is 18.8. The maximum atomic E-state index is 12.0. The number of unbranched alkanes of at least 4 members (excludes halogenated alkanes) is 1. The Morgan fingerprint density at radius 2 is 2.12 bits per heavy atom. The Kier molecular flexibility index (Phi) is 7.67. The molecule has 3 aromatic rings. The van der Waals surface area contributed by atoms with Gasteiger partial charge in [-0.1, -0.05) is 30.7 Å². The lowest BCUT2D eigenvalue weighted by atomic mass is 9.91. The third-order valence-corrected chi connectivity index (χ3v) is 6.14. The number of hydrogen-bond donors (Lipinski definition) is 2. The summed E-state index contributed by atoms with van der Waals surface area (Å²) in [6.07, 6.45) is 7.58. The van der Waals surface area contributed by atoms with Crippen molar-refractivity contribution in [1.82, 2.24) is 15.3 Å². The standard InChI is InChI=1S/C26H32N4O2/c1-32-25(31)16-20(22-15-21-8-2-3-10-24(21)29-17-22)7-4-5-13-27-18-23-12-11-19-9-6-14-28-26(19)30-23/h2-3,8,10-12,15,17,20,27H,4-7,9,13-14,16,18H2,1H3,(H,28,30). The van der Waals surface area contributed by atoms with Gasteiger partial charge in [-0.2, -0.15) is 0 Å². The van der Waals surface area contributed by atoms with Crippen molar-refractivity contribution in [3.63, 3.8) is 0 Å². The average Bonchev–Trinajstić information content (AvgIpc) is 2.84. The van der Waals surface area contributed by atoms with Gasteiger partial charge in [0.05, 0.1) is 24.7 Å². The zero-order chi connectivity index (χ0) is 22.2. The molecule has 3 heterocycles. The van der Waals surface area contributed by atoms with Crippen LogP contribution in [0.3, 0.4) is 0 Å². The SMILES string of the molecule is COC(=O)CC(CCCCNCc1ccc2c(n1)NCCC2)c1cnc2ccccc2c1. The number of methoxy groups -OCH3 is 1. The van der Waals surface area contributed by atoms with E-state index in [9.17, 15) is 4.79 Å². The Morgan fingerprint density at radius 1 is 1.22 bits per heavy atom. The van der Waals surface area contributed by atoms with Crippen LogP contribution < -0.4 is 10.6 Å². The van der Waals surface area contributed by atoms with E-state index in [0.29, 0.717) is 6.42 Å². The van der Waals surface area contributed by atoms with Gasteiger partial charge >= 0.3 is 5.97 Å². The predicted octanol–water partition coefficient (Wildman–Crippen LogP) is 4.59. The van der Waals surface area contributed by atoms with Gasteiger partial charge in [0.2, 0.25) is 0 Å². The van der Waals surface area contributed by atoms with Crippen LogP contribution in [0, 0.1) is 0 Å². The van der Waals surface area contributed by atoms with Gasteiger partial charge in [-0.3, -0.25) is 9.78 Å². The highest BCUT2D eigenvalue weighted by atomic mass is 16.5. The zero-order valence-corrected chi connectivity index (χ0v) is 18.8. The molecule has 1 aromatic carbocycles. The Balaban J connectivity index is 1.27. The highest BCUT2D eigenvalue weighted by Crippen LogP contribution is 2.28. The number of esters is 1. The molecule has 2 aromatic heterocycles. The number of fused-ring (bicyclic) bond motifs is 2. The number of hydrogen-bond acceptors (Lipinski definition) is 6. The van der Waals surface area contributed by atoms with E-state index in [0.717, 1.165) is 73.3 Å². The summed E-state index contributed by atoms with van der Waals surface area (Å²) in [5.74, 6) is 0.992. The first kappa shape index (κ1) is 22.2. The molecule has 6 nitrogen and oxygen atoms in total. The van der Waals surface area contributed by atoms with Crippen LogP contribution in [0.25, 0.3) is 10.9 Å². The van der Waals surface area contributed by atoms with E-state index in [1.54, 1.807) is 0 Å². The maximum Gasteiger partial charge on any atom is 0.306 e. The number of aromatic nitrogens is 2. The fourth-order valence-electron chi connectivity index (χ4n) is 4.31.